The molecule has 23 heavy (non-hydrogen) atoms. The van der Waals surface area contributed by atoms with E-state index in [0.717, 1.165) is 0 Å². The Hall–Kier alpha value is -0.466. The number of aliphatic hydroxyl groups excluding tert-OH is 3. The quantitative estimate of drug-likeness (QED) is 0.320. The van der Waals surface area contributed by atoms with Crippen LogP contribution in [0.2, 0.25) is 0 Å². The van der Waals surface area contributed by atoms with Crippen molar-refractivity contribution in [2.45, 2.75) is 86.2 Å². The van der Waals surface area contributed by atoms with Crippen molar-refractivity contribution < 1.29 is 51.7 Å². The Morgan fingerprint density at radius 3 is 1.00 bits per heavy atom. The van der Waals surface area contributed by atoms with Crippen LogP contribution in [0.25, 0.3) is 0 Å². The molecular weight excluding hydrogens is 338 g/mol. The molecule has 0 heterocycles. The Bertz CT molecular complexity index is 253. The predicted molar refractivity (Wildman–Crippen MR) is 87.6 cm³/mol. The Kier molecular flexibility index (Phi) is 28.9. The molecule has 0 aliphatic heterocycles. The summed E-state index contributed by atoms with van der Waals surface area (Å²) in [7, 11) is 0. The van der Waals surface area contributed by atoms with Gasteiger partial charge in [-0.15, -0.1) is 0 Å². The molecule has 7 nitrogen and oxygen atoms in total. The minimum atomic E-state index is -1.45. The molecular formula is C15H35NO6Ti. The van der Waals surface area contributed by atoms with Gasteiger partial charge in [-0.3, -0.25) is 4.79 Å². The van der Waals surface area contributed by atoms with Crippen LogP contribution in [0.1, 0.15) is 62.3 Å². The summed E-state index contributed by atoms with van der Waals surface area (Å²) in [5.74, 6) is -2.41. The first-order valence-corrected chi connectivity index (χ1v) is 7.12. The Morgan fingerprint density at radius 1 is 0.783 bits per heavy atom. The molecule has 0 unspecified atom stereocenters. The van der Waals surface area contributed by atoms with Gasteiger partial charge in [-0.25, -0.2) is 4.79 Å². The second-order valence-electron chi connectivity index (χ2n) is 6.29. The number of carboxylic acid groups (broad SMARTS) is 1. The van der Waals surface area contributed by atoms with Gasteiger partial charge in [0.25, 0.3) is 0 Å². The van der Waals surface area contributed by atoms with Crippen LogP contribution >= 0.6 is 0 Å². The molecule has 0 aromatic heterocycles. The summed E-state index contributed by atoms with van der Waals surface area (Å²) in [6, 6.07) is 0. The van der Waals surface area contributed by atoms with E-state index < -0.39 is 17.4 Å². The smallest absolute Gasteiger partial charge is 0.394 e. The average molecular weight is 373 g/mol. The van der Waals surface area contributed by atoms with E-state index in [0.29, 0.717) is 0 Å². The maximum Gasteiger partial charge on any atom is 0.394 e. The molecule has 0 rings (SSSR count). The number of nitrogens with one attached hydrogen (secondary N) is 1. The van der Waals surface area contributed by atoms with E-state index in [2.05, 4.69) is 5.32 Å². The molecule has 140 valence electrons. The molecule has 0 aliphatic rings. The monoisotopic (exact) mass is 373 g/mol. The maximum atomic E-state index is 10.4. The topological polar surface area (TPSA) is 127 Å². The van der Waals surface area contributed by atoms with Crippen molar-refractivity contribution in [3.05, 3.63) is 0 Å². The second kappa shape index (κ2) is 19.6. The molecule has 0 atom stereocenters. The minimum absolute atomic E-state index is 0. The van der Waals surface area contributed by atoms with Gasteiger partial charge in [-0.2, -0.15) is 0 Å². The SMILES string of the molecule is CC(C)(C)NC(=O)C(=O)O.CC(C)O.CC(C)O.CC(C)O.[Ti]. The molecule has 0 saturated carbocycles. The normalized spacial score (nSPS) is 9.35. The maximum absolute atomic E-state index is 10.4. The molecule has 0 spiro atoms. The first kappa shape index (κ1) is 34.0. The molecule has 5 N–H and O–H groups in total. The van der Waals surface area contributed by atoms with Crippen molar-refractivity contribution in [3.8, 4) is 0 Å². The number of carboxylic acids is 1. The van der Waals surface area contributed by atoms with Crippen molar-refractivity contribution in [2.75, 3.05) is 0 Å². The van der Waals surface area contributed by atoms with Crippen LogP contribution in [-0.4, -0.2) is 56.2 Å². The first-order valence-electron chi connectivity index (χ1n) is 7.12. The van der Waals surface area contributed by atoms with E-state index >= 15 is 0 Å². The zero-order valence-electron chi connectivity index (χ0n) is 15.8. The standard InChI is InChI=1S/C6H11NO3.3C3H8O.Ti/c1-6(2,3)7-4(8)5(9)10;3*1-3(2)4;/h1-3H3,(H,7,8)(H,9,10);3*3-4H,1-2H3;. The molecule has 0 aliphatic carbocycles. The van der Waals surface area contributed by atoms with Gasteiger partial charge in [-0.05, 0) is 62.3 Å². The molecule has 1 amide bonds. The van der Waals surface area contributed by atoms with Crippen molar-refractivity contribution in [3.63, 3.8) is 0 Å². The van der Waals surface area contributed by atoms with Gasteiger partial charge in [0.1, 0.15) is 0 Å². The Morgan fingerprint density at radius 2 is 0.957 bits per heavy atom. The number of carbonyl (C=O) groups excluding carboxylic acids is 1. The first-order chi connectivity index (χ1) is 9.52. The Balaban J connectivity index is -0.0000000700. The predicted octanol–water partition coefficient (Wildman–Crippen LogP) is 1.14. The molecule has 0 saturated heterocycles. The fourth-order valence-corrected chi connectivity index (χ4v) is 0.394. The number of aliphatic hydroxyl groups is 3. The number of aliphatic carboxylic acids is 1. The molecule has 0 fully saturated rings. The largest absolute Gasteiger partial charge is 0.474 e. The fraction of sp³-hybridized carbons (Fsp3) is 0.867. The van der Waals surface area contributed by atoms with E-state index in [1.165, 1.54) is 0 Å². The fourth-order valence-electron chi connectivity index (χ4n) is 0.394. The second-order valence-corrected chi connectivity index (χ2v) is 6.29. The third-order valence-corrected chi connectivity index (χ3v) is 0.683. The summed E-state index contributed by atoms with van der Waals surface area (Å²) in [6.07, 6.45) is -0.500. The zero-order valence-corrected chi connectivity index (χ0v) is 17.4. The van der Waals surface area contributed by atoms with E-state index in [-0.39, 0.29) is 40.0 Å². The number of amides is 1. The van der Waals surface area contributed by atoms with Gasteiger partial charge in [-0.1, -0.05) is 0 Å². The van der Waals surface area contributed by atoms with Crippen molar-refractivity contribution >= 4 is 11.9 Å². The van der Waals surface area contributed by atoms with Gasteiger partial charge in [0.2, 0.25) is 0 Å². The Labute approximate surface area is 155 Å². The van der Waals surface area contributed by atoms with E-state index in [1.807, 2.05) is 0 Å². The summed E-state index contributed by atoms with van der Waals surface area (Å²) in [5, 5.41) is 34.6. The van der Waals surface area contributed by atoms with Crippen LogP contribution in [0.15, 0.2) is 0 Å². The molecule has 0 aromatic carbocycles. The molecule has 0 radical (unpaired) electrons. The van der Waals surface area contributed by atoms with Gasteiger partial charge >= 0.3 is 11.9 Å². The summed E-state index contributed by atoms with van der Waals surface area (Å²) in [4.78, 5) is 20.4. The van der Waals surface area contributed by atoms with Crippen LogP contribution in [0.4, 0.5) is 0 Å². The van der Waals surface area contributed by atoms with E-state index in [4.69, 9.17) is 20.4 Å². The van der Waals surface area contributed by atoms with Crippen molar-refractivity contribution in [1.29, 1.82) is 0 Å². The summed E-state index contributed by atoms with van der Waals surface area (Å²) >= 11 is 0. The minimum Gasteiger partial charge on any atom is -0.474 e. The van der Waals surface area contributed by atoms with Crippen LogP contribution in [0.3, 0.4) is 0 Å². The third kappa shape index (κ3) is 113. The van der Waals surface area contributed by atoms with Gasteiger partial charge < -0.3 is 25.7 Å². The van der Waals surface area contributed by atoms with Gasteiger partial charge in [0.15, 0.2) is 0 Å². The number of rotatable bonds is 0. The van der Waals surface area contributed by atoms with Crippen LogP contribution in [-0.2, 0) is 31.3 Å². The van der Waals surface area contributed by atoms with Gasteiger partial charge in [0.05, 0.1) is 0 Å². The molecule has 0 aromatic rings. The van der Waals surface area contributed by atoms with Crippen LogP contribution < -0.4 is 5.32 Å². The van der Waals surface area contributed by atoms with Crippen LogP contribution in [0, 0.1) is 0 Å². The summed E-state index contributed by atoms with van der Waals surface area (Å²) in [6.45, 7) is 15.5. The van der Waals surface area contributed by atoms with Crippen molar-refractivity contribution in [2.24, 2.45) is 0 Å². The zero-order chi connectivity index (χ0) is 19.1. The van der Waals surface area contributed by atoms with Crippen molar-refractivity contribution in [1.82, 2.24) is 5.32 Å². The van der Waals surface area contributed by atoms with Crippen LogP contribution in [0.5, 0.6) is 0 Å². The number of hydrogen-bond donors (Lipinski definition) is 5. The molecule has 0 bridgehead atoms. The van der Waals surface area contributed by atoms with Gasteiger partial charge in [0, 0.05) is 45.6 Å². The summed E-state index contributed by atoms with van der Waals surface area (Å²) < 4.78 is 0. The van der Waals surface area contributed by atoms with E-state index in [9.17, 15) is 9.59 Å². The third-order valence-electron chi connectivity index (χ3n) is 0.683. The molecule has 8 heteroatoms. The number of carbonyl (C=O) groups is 2. The number of hydrogen-bond acceptors (Lipinski definition) is 5. The average Bonchev–Trinajstić information content (AvgIpc) is 2.10. The summed E-state index contributed by atoms with van der Waals surface area (Å²) in [5.41, 5.74) is -0.477. The van der Waals surface area contributed by atoms with E-state index in [1.54, 1.807) is 62.3 Å².